The third kappa shape index (κ3) is 4.23. The molecule has 0 aromatic carbocycles. The molecule has 1 saturated heterocycles. The van der Waals surface area contributed by atoms with Gasteiger partial charge in [0.05, 0.1) is 17.1 Å². The van der Waals surface area contributed by atoms with Crippen molar-refractivity contribution in [3.63, 3.8) is 0 Å². The summed E-state index contributed by atoms with van der Waals surface area (Å²) >= 11 is 0. The Morgan fingerprint density at radius 3 is 2.47 bits per heavy atom. The molecule has 1 rings (SSSR count). The first-order valence-corrected chi connectivity index (χ1v) is 7.87. The molecule has 0 spiro atoms. The largest absolute Gasteiger partial charge is 0.380 e. The molecule has 5 heteroatoms. The Morgan fingerprint density at radius 1 is 1.35 bits per heavy atom. The van der Waals surface area contributed by atoms with Crippen molar-refractivity contribution in [2.45, 2.75) is 50.8 Å². The summed E-state index contributed by atoms with van der Waals surface area (Å²) in [6, 6.07) is 0. The maximum absolute atomic E-state index is 11.9. The second kappa shape index (κ2) is 5.24. The number of sulfone groups is 1. The molecule has 0 radical (unpaired) electrons. The van der Waals surface area contributed by atoms with E-state index in [1.54, 1.807) is 20.8 Å². The van der Waals surface area contributed by atoms with Gasteiger partial charge in [-0.25, -0.2) is 8.42 Å². The van der Waals surface area contributed by atoms with Gasteiger partial charge in [-0.3, -0.25) is 0 Å². The first-order valence-electron chi connectivity index (χ1n) is 6.21. The molecule has 1 aliphatic heterocycles. The lowest BCUT2D eigenvalue weighted by atomic mass is 9.95. The molecule has 1 unspecified atom stereocenters. The molecule has 102 valence electrons. The van der Waals surface area contributed by atoms with E-state index >= 15 is 0 Å². The molecule has 0 bridgehead atoms. The molecular weight excluding hydrogens is 238 g/mol. The Morgan fingerprint density at radius 2 is 2.00 bits per heavy atom. The highest BCUT2D eigenvalue weighted by Crippen LogP contribution is 2.19. The van der Waals surface area contributed by atoms with E-state index < -0.39 is 14.6 Å². The maximum Gasteiger partial charge on any atom is 0.156 e. The van der Waals surface area contributed by atoms with Crippen LogP contribution < -0.4 is 5.32 Å². The van der Waals surface area contributed by atoms with E-state index in [1.807, 2.05) is 0 Å². The van der Waals surface area contributed by atoms with E-state index in [-0.39, 0.29) is 11.3 Å². The Kier molecular flexibility index (Phi) is 4.60. The lowest BCUT2D eigenvalue weighted by Gasteiger charge is -2.34. The Labute approximate surface area is 105 Å². The average Bonchev–Trinajstić information content (AvgIpc) is 2.16. The summed E-state index contributed by atoms with van der Waals surface area (Å²) in [5, 5.41) is 3.32. The molecular formula is C12H25NO3S. The van der Waals surface area contributed by atoms with Gasteiger partial charge >= 0.3 is 0 Å². The van der Waals surface area contributed by atoms with Gasteiger partial charge < -0.3 is 10.1 Å². The smallest absolute Gasteiger partial charge is 0.156 e. The lowest BCUT2D eigenvalue weighted by molar-refractivity contribution is 0.0295. The molecule has 0 amide bonds. The minimum absolute atomic E-state index is 0.0638. The zero-order valence-corrected chi connectivity index (χ0v) is 12.2. The van der Waals surface area contributed by atoms with Gasteiger partial charge in [-0.05, 0) is 40.5 Å². The molecule has 0 aromatic heterocycles. The van der Waals surface area contributed by atoms with Crippen LogP contribution in [-0.4, -0.2) is 44.2 Å². The van der Waals surface area contributed by atoms with Crippen LogP contribution in [0.5, 0.6) is 0 Å². The van der Waals surface area contributed by atoms with Gasteiger partial charge in [0.1, 0.15) is 0 Å². The van der Waals surface area contributed by atoms with Crippen LogP contribution in [0.3, 0.4) is 0 Å². The fourth-order valence-electron chi connectivity index (χ4n) is 1.87. The van der Waals surface area contributed by atoms with Gasteiger partial charge in [-0.1, -0.05) is 0 Å². The Bertz CT molecular complexity index is 337. The summed E-state index contributed by atoms with van der Waals surface area (Å²) in [4.78, 5) is 0. The fraction of sp³-hybridized carbons (Fsp3) is 1.00. The molecule has 4 nitrogen and oxygen atoms in total. The number of nitrogens with one attached hydrogen (secondary N) is 1. The van der Waals surface area contributed by atoms with Gasteiger partial charge in [0.25, 0.3) is 0 Å². The summed E-state index contributed by atoms with van der Waals surface area (Å²) in [5.41, 5.74) is -0.0638. The molecule has 1 fully saturated rings. The van der Waals surface area contributed by atoms with Crippen LogP contribution in [0.25, 0.3) is 0 Å². The lowest BCUT2D eigenvalue weighted by Crippen LogP contribution is -2.50. The van der Waals surface area contributed by atoms with Crippen molar-refractivity contribution in [1.82, 2.24) is 5.32 Å². The van der Waals surface area contributed by atoms with Crippen molar-refractivity contribution in [1.29, 1.82) is 0 Å². The number of ether oxygens (including phenoxy) is 1. The molecule has 1 aliphatic rings. The number of hydrogen-bond donors (Lipinski definition) is 1. The predicted octanol–water partition coefficient (Wildman–Crippen LogP) is 1.36. The summed E-state index contributed by atoms with van der Waals surface area (Å²) in [5.74, 6) is 0.187. The van der Waals surface area contributed by atoms with Crippen LogP contribution in [0.4, 0.5) is 0 Å². The fourth-order valence-corrected chi connectivity index (χ4v) is 2.85. The maximum atomic E-state index is 11.9. The SMILES string of the molecule is CC1(NCCS(=O)(=O)C(C)(C)C)CCCOC1. The minimum atomic E-state index is -3.03. The van der Waals surface area contributed by atoms with Crippen LogP contribution in [0, 0.1) is 0 Å². The average molecular weight is 263 g/mol. The predicted molar refractivity (Wildman–Crippen MR) is 70.0 cm³/mol. The van der Waals surface area contributed by atoms with E-state index in [1.165, 1.54) is 0 Å². The van der Waals surface area contributed by atoms with E-state index in [2.05, 4.69) is 12.2 Å². The van der Waals surface area contributed by atoms with Crippen LogP contribution in [0.1, 0.15) is 40.5 Å². The van der Waals surface area contributed by atoms with Crippen molar-refractivity contribution in [3.05, 3.63) is 0 Å². The highest BCUT2D eigenvalue weighted by atomic mass is 32.2. The van der Waals surface area contributed by atoms with E-state index in [9.17, 15) is 8.42 Å². The first kappa shape index (κ1) is 14.9. The second-order valence-electron chi connectivity index (χ2n) is 6.07. The summed E-state index contributed by atoms with van der Waals surface area (Å²) < 4.78 is 28.6. The van der Waals surface area contributed by atoms with Crippen LogP contribution >= 0.6 is 0 Å². The molecule has 0 aliphatic carbocycles. The van der Waals surface area contributed by atoms with Crippen LogP contribution in [-0.2, 0) is 14.6 Å². The van der Waals surface area contributed by atoms with Crippen molar-refractivity contribution in [2.24, 2.45) is 0 Å². The molecule has 0 aromatic rings. The van der Waals surface area contributed by atoms with Gasteiger partial charge in [-0.15, -0.1) is 0 Å². The van der Waals surface area contributed by atoms with Crippen LogP contribution in [0.2, 0.25) is 0 Å². The third-order valence-corrected chi connectivity index (χ3v) is 5.90. The zero-order chi connectivity index (χ0) is 13.2. The molecule has 1 heterocycles. The van der Waals surface area contributed by atoms with Gasteiger partial charge in [0, 0.05) is 18.7 Å². The normalized spacial score (nSPS) is 27.1. The third-order valence-electron chi connectivity index (χ3n) is 3.29. The zero-order valence-electron chi connectivity index (χ0n) is 11.4. The van der Waals surface area contributed by atoms with Crippen molar-refractivity contribution in [3.8, 4) is 0 Å². The Hall–Kier alpha value is -0.130. The summed E-state index contributed by atoms with van der Waals surface area (Å²) in [6.45, 7) is 9.31. The van der Waals surface area contributed by atoms with Gasteiger partial charge in [-0.2, -0.15) is 0 Å². The quantitative estimate of drug-likeness (QED) is 0.832. The van der Waals surface area contributed by atoms with E-state index in [0.29, 0.717) is 13.2 Å². The Balaban J connectivity index is 2.42. The summed E-state index contributed by atoms with van der Waals surface area (Å²) in [7, 11) is -3.03. The van der Waals surface area contributed by atoms with Crippen molar-refractivity contribution >= 4 is 9.84 Å². The number of rotatable bonds is 4. The van der Waals surface area contributed by atoms with E-state index in [0.717, 1.165) is 19.4 Å². The van der Waals surface area contributed by atoms with Crippen molar-refractivity contribution in [2.75, 3.05) is 25.5 Å². The molecule has 17 heavy (non-hydrogen) atoms. The topological polar surface area (TPSA) is 55.4 Å². The van der Waals surface area contributed by atoms with Gasteiger partial charge in [0.2, 0.25) is 0 Å². The molecule has 0 saturated carbocycles. The molecule has 1 atom stereocenters. The van der Waals surface area contributed by atoms with E-state index in [4.69, 9.17) is 4.74 Å². The van der Waals surface area contributed by atoms with Gasteiger partial charge in [0.15, 0.2) is 9.84 Å². The molecule has 1 N–H and O–H groups in total. The van der Waals surface area contributed by atoms with Crippen LogP contribution in [0.15, 0.2) is 0 Å². The summed E-state index contributed by atoms with van der Waals surface area (Å²) in [6.07, 6.45) is 2.08. The highest BCUT2D eigenvalue weighted by molar-refractivity contribution is 7.92. The second-order valence-corrected chi connectivity index (χ2v) is 8.94. The standard InChI is InChI=1S/C12H25NO3S/c1-11(2,3)17(14,15)9-7-13-12(4)6-5-8-16-10-12/h13H,5-10H2,1-4H3. The first-order chi connectivity index (χ1) is 7.66. The van der Waals surface area contributed by atoms with Crippen molar-refractivity contribution < 1.29 is 13.2 Å². The number of hydrogen-bond acceptors (Lipinski definition) is 4. The monoisotopic (exact) mass is 263 g/mol. The highest BCUT2D eigenvalue weighted by Gasteiger charge is 2.31. The minimum Gasteiger partial charge on any atom is -0.380 e.